The van der Waals surface area contributed by atoms with Crippen LogP contribution < -0.4 is 0 Å². The molecule has 1 nitrogen and oxygen atoms in total. The maximum atomic E-state index is 3.38. The van der Waals surface area contributed by atoms with E-state index in [1.807, 2.05) is 12.1 Å². The summed E-state index contributed by atoms with van der Waals surface area (Å²) in [5.41, 5.74) is 5.68. The molecule has 0 amide bonds. The Balaban J connectivity index is 2.48. The van der Waals surface area contributed by atoms with E-state index in [1.54, 1.807) is 0 Å². The normalized spacial score (nSPS) is 11.1. The monoisotopic (exact) mass is 213 g/mol. The fraction of sp³-hybridized carbons (Fsp3) is 0.231. The third-order valence-corrected chi connectivity index (χ3v) is 3.00. The van der Waals surface area contributed by atoms with Crippen LogP contribution in [0.15, 0.2) is 36.5 Å². The smallest absolute Gasteiger partial charge is 0.129 e. The van der Waals surface area contributed by atoms with Gasteiger partial charge in [0, 0.05) is 11.7 Å². The number of aromatic nitrogens is 1. The van der Waals surface area contributed by atoms with Crippen molar-refractivity contribution in [1.82, 2.24) is 4.40 Å². The molecule has 0 atom stereocenters. The summed E-state index contributed by atoms with van der Waals surface area (Å²) in [6.45, 7) is 6.78. The van der Waals surface area contributed by atoms with E-state index in [2.05, 4.69) is 59.9 Å². The highest BCUT2D eigenvalue weighted by atomic mass is 28.3. The van der Waals surface area contributed by atoms with Gasteiger partial charge in [0.1, 0.15) is 8.07 Å². The summed E-state index contributed by atoms with van der Waals surface area (Å²) in [6.07, 6.45) is 2.06. The number of rotatable bonds is 0. The summed E-state index contributed by atoms with van der Waals surface area (Å²) in [4.78, 5) is 0. The van der Waals surface area contributed by atoms with Crippen LogP contribution in [0.2, 0.25) is 19.6 Å². The Morgan fingerprint density at radius 3 is 2.60 bits per heavy atom. The molecule has 0 aliphatic carbocycles. The maximum absolute atomic E-state index is 3.38. The number of hydrogen-bond donors (Lipinski definition) is 0. The van der Waals surface area contributed by atoms with E-state index in [4.69, 9.17) is 0 Å². The van der Waals surface area contributed by atoms with Gasteiger partial charge in [0.15, 0.2) is 0 Å². The average Bonchev–Trinajstić information content (AvgIpc) is 2.57. The summed E-state index contributed by atoms with van der Waals surface area (Å²) in [5.74, 6) is 3.28. The van der Waals surface area contributed by atoms with Crippen molar-refractivity contribution < 1.29 is 0 Å². The molecule has 0 unspecified atom stereocenters. The first-order valence-electron chi connectivity index (χ1n) is 5.15. The summed E-state index contributed by atoms with van der Waals surface area (Å²) in [5, 5.41) is 0. The van der Waals surface area contributed by atoms with Crippen LogP contribution in [0.4, 0.5) is 0 Å². The molecule has 2 aromatic rings. The molecule has 0 radical (unpaired) electrons. The van der Waals surface area contributed by atoms with Crippen LogP contribution >= 0.6 is 0 Å². The van der Waals surface area contributed by atoms with Crippen molar-refractivity contribution in [2.45, 2.75) is 19.6 Å². The first kappa shape index (κ1) is 10.1. The van der Waals surface area contributed by atoms with Crippen molar-refractivity contribution in [2.75, 3.05) is 0 Å². The number of nitrogens with zero attached hydrogens (tertiary/aromatic N) is 1. The van der Waals surface area contributed by atoms with E-state index in [1.165, 1.54) is 5.52 Å². The third kappa shape index (κ3) is 2.31. The van der Waals surface area contributed by atoms with Crippen LogP contribution in [-0.2, 0) is 0 Å². The first-order valence-corrected chi connectivity index (χ1v) is 8.65. The van der Waals surface area contributed by atoms with Crippen molar-refractivity contribution >= 4 is 13.6 Å². The van der Waals surface area contributed by atoms with Crippen LogP contribution in [0.1, 0.15) is 5.69 Å². The Labute approximate surface area is 91.8 Å². The van der Waals surface area contributed by atoms with Gasteiger partial charge in [-0.2, -0.15) is 0 Å². The van der Waals surface area contributed by atoms with Crippen LogP contribution in [-0.4, -0.2) is 12.5 Å². The van der Waals surface area contributed by atoms with Crippen LogP contribution in [0.5, 0.6) is 0 Å². The van der Waals surface area contributed by atoms with Crippen LogP contribution in [0.3, 0.4) is 0 Å². The van der Waals surface area contributed by atoms with E-state index >= 15 is 0 Å². The van der Waals surface area contributed by atoms with E-state index in [0.29, 0.717) is 0 Å². The molecular weight excluding hydrogens is 198 g/mol. The van der Waals surface area contributed by atoms with Gasteiger partial charge in [-0.25, -0.2) is 0 Å². The molecule has 0 saturated carbocycles. The number of pyridine rings is 1. The highest BCUT2D eigenvalue weighted by molar-refractivity contribution is 6.83. The van der Waals surface area contributed by atoms with Gasteiger partial charge in [-0.05, 0) is 24.3 Å². The van der Waals surface area contributed by atoms with Crippen LogP contribution in [0.25, 0.3) is 5.52 Å². The summed E-state index contributed by atoms with van der Waals surface area (Å²) in [7, 11) is -1.28. The van der Waals surface area contributed by atoms with Gasteiger partial charge >= 0.3 is 0 Å². The molecule has 0 fully saturated rings. The van der Waals surface area contributed by atoms with Crippen molar-refractivity contribution in [3.8, 4) is 11.5 Å². The molecule has 2 rings (SSSR count). The fourth-order valence-electron chi connectivity index (χ4n) is 1.41. The van der Waals surface area contributed by atoms with E-state index in [0.717, 1.165) is 5.69 Å². The zero-order valence-corrected chi connectivity index (χ0v) is 10.4. The Hall–Kier alpha value is -1.46. The molecule has 2 aromatic heterocycles. The second-order valence-corrected chi connectivity index (χ2v) is 9.46. The standard InChI is InChI=1S/C13H15NSi/c1-15(2,3)11-9-13-8-7-12-6-4-5-10-14(12)13/h4-8,10H,1-3H3. The predicted molar refractivity (Wildman–Crippen MR) is 67.6 cm³/mol. The minimum absolute atomic E-state index is 1.09. The molecule has 15 heavy (non-hydrogen) atoms. The van der Waals surface area contributed by atoms with Gasteiger partial charge in [0.05, 0.1) is 5.69 Å². The summed E-state index contributed by atoms with van der Waals surface area (Å²) in [6, 6.07) is 10.4. The lowest BCUT2D eigenvalue weighted by Gasteiger charge is -2.03. The molecule has 0 aliphatic heterocycles. The highest BCUT2D eigenvalue weighted by Crippen LogP contribution is 2.08. The lowest BCUT2D eigenvalue weighted by molar-refractivity contribution is 1.17. The van der Waals surface area contributed by atoms with Gasteiger partial charge in [-0.1, -0.05) is 31.6 Å². The molecule has 0 bridgehead atoms. The van der Waals surface area contributed by atoms with E-state index < -0.39 is 8.07 Å². The van der Waals surface area contributed by atoms with Crippen molar-refractivity contribution in [1.29, 1.82) is 0 Å². The van der Waals surface area contributed by atoms with Crippen LogP contribution in [0, 0.1) is 11.5 Å². The van der Waals surface area contributed by atoms with E-state index in [-0.39, 0.29) is 0 Å². The Kier molecular flexibility index (Phi) is 2.41. The zero-order valence-electron chi connectivity index (χ0n) is 9.41. The lowest BCUT2D eigenvalue weighted by Crippen LogP contribution is -2.16. The van der Waals surface area contributed by atoms with Crippen molar-refractivity contribution in [2.24, 2.45) is 0 Å². The van der Waals surface area contributed by atoms with Gasteiger partial charge < -0.3 is 4.40 Å². The molecule has 0 aromatic carbocycles. The minimum Gasteiger partial charge on any atom is -0.310 e. The molecule has 0 aliphatic rings. The van der Waals surface area contributed by atoms with Crippen molar-refractivity contribution in [3.05, 3.63) is 42.2 Å². The summed E-state index contributed by atoms with van der Waals surface area (Å²) < 4.78 is 2.13. The van der Waals surface area contributed by atoms with E-state index in [9.17, 15) is 0 Å². The minimum atomic E-state index is -1.28. The quantitative estimate of drug-likeness (QED) is 0.468. The maximum Gasteiger partial charge on any atom is 0.129 e. The Bertz CT molecular complexity index is 535. The Morgan fingerprint density at radius 2 is 1.87 bits per heavy atom. The highest BCUT2D eigenvalue weighted by Gasteiger charge is 2.07. The second kappa shape index (κ2) is 3.60. The number of hydrogen-bond acceptors (Lipinski definition) is 0. The number of fused-ring (bicyclic) bond motifs is 1. The first-order chi connectivity index (χ1) is 7.06. The van der Waals surface area contributed by atoms with Gasteiger partial charge in [-0.3, -0.25) is 0 Å². The Morgan fingerprint density at radius 1 is 1.07 bits per heavy atom. The molecule has 0 spiro atoms. The SMILES string of the molecule is C[Si](C)(C)C#Cc1ccc2ccccn12. The molecule has 2 heterocycles. The topological polar surface area (TPSA) is 4.41 Å². The summed E-state index contributed by atoms with van der Waals surface area (Å²) >= 11 is 0. The molecule has 76 valence electrons. The van der Waals surface area contributed by atoms with Crippen molar-refractivity contribution in [3.63, 3.8) is 0 Å². The molecule has 2 heteroatoms. The zero-order chi connectivity index (χ0) is 10.9. The molecule has 0 N–H and O–H groups in total. The molecular formula is C13H15NSi. The second-order valence-electron chi connectivity index (χ2n) is 4.71. The third-order valence-electron chi connectivity index (χ3n) is 2.13. The molecule has 0 saturated heterocycles. The predicted octanol–water partition coefficient (Wildman–Crippen LogP) is 3.17. The van der Waals surface area contributed by atoms with Gasteiger partial charge in [0.2, 0.25) is 0 Å². The largest absolute Gasteiger partial charge is 0.310 e. The van der Waals surface area contributed by atoms with Gasteiger partial charge in [-0.15, -0.1) is 5.54 Å². The lowest BCUT2D eigenvalue weighted by atomic mass is 10.4. The van der Waals surface area contributed by atoms with Gasteiger partial charge in [0.25, 0.3) is 0 Å². The fourth-order valence-corrected chi connectivity index (χ4v) is 1.91. The average molecular weight is 213 g/mol.